The Morgan fingerprint density at radius 2 is 2.22 bits per heavy atom. The zero-order valence-electron chi connectivity index (χ0n) is 10.2. The number of benzene rings is 1. The second-order valence-corrected chi connectivity index (χ2v) is 4.79. The molecule has 2 aromatic rings. The Morgan fingerprint density at radius 1 is 1.44 bits per heavy atom. The number of nitrogens with one attached hydrogen (secondary N) is 1. The van der Waals surface area contributed by atoms with Crippen LogP contribution in [0.4, 0.5) is 0 Å². The summed E-state index contributed by atoms with van der Waals surface area (Å²) >= 11 is 3.54. The van der Waals surface area contributed by atoms with Crippen molar-refractivity contribution in [1.29, 1.82) is 0 Å². The average molecular weight is 310 g/mol. The lowest BCUT2D eigenvalue weighted by molar-refractivity contribution is 0.509. The third-order valence-corrected chi connectivity index (χ3v) is 3.59. The summed E-state index contributed by atoms with van der Waals surface area (Å²) in [5.74, 6) is 6.58. The topological polar surface area (TPSA) is 68.8 Å². The highest BCUT2D eigenvalue weighted by Crippen LogP contribution is 2.24. The van der Waals surface area contributed by atoms with Crippen molar-refractivity contribution in [1.82, 2.24) is 20.2 Å². The Balaban J connectivity index is 2.23. The van der Waals surface area contributed by atoms with Crippen LogP contribution in [0, 0.1) is 0 Å². The number of rotatable bonds is 5. The summed E-state index contributed by atoms with van der Waals surface area (Å²) in [6.45, 7) is 2.85. The van der Waals surface area contributed by atoms with Gasteiger partial charge in [-0.1, -0.05) is 34.1 Å². The van der Waals surface area contributed by atoms with Crippen LogP contribution in [0.5, 0.6) is 0 Å². The minimum absolute atomic E-state index is 0.00933. The first-order chi connectivity index (χ1) is 8.76. The lowest BCUT2D eigenvalue weighted by Gasteiger charge is -2.17. The number of nitrogens with two attached hydrogens (primary N) is 1. The number of aryl methyl sites for hydroxylation is 1. The Bertz CT molecular complexity index is 511. The van der Waals surface area contributed by atoms with Gasteiger partial charge in [-0.15, -0.1) is 0 Å². The summed E-state index contributed by atoms with van der Waals surface area (Å²) in [5, 5.41) is 4.16. The van der Waals surface area contributed by atoms with Crippen molar-refractivity contribution >= 4 is 15.9 Å². The molecule has 6 heteroatoms. The molecular formula is C12H16BrN5. The van der Waals surface area contributed by atoms with Crippen molar-refractivity contribution in [3.8, 4) is 0 Å². The van der Waals surface area contributed by atoms with Crippen LogP contribution in [0.2, 0.25) is 0 Å². The normalized spacial score (nSPS) is 12.6. The van der Waals surface area contributed by atoms with Crippen molar-refractivity contribution in [3.63, 3.8) is 0 Å². The minimum atomic E-state index is 0.00933. The van der Waals surface area contributed by atoms with E-state index in [1.165, 1.54) is 0 Å². The highest BCUT2D eigenvalue weighted by atomic mass is 79.9. The molecule has 5 nitrogen and oxygen atoms in total. The standard InChI is InChI=1S/C12H16BrN5/c1-2-18-12(15-8-16-18)7-11(17-14)9-5-3-4-6-10(9)13/h3-6,8,11,17H,2,7,14H2,1H3. The predicted molar refractivity (Wildman–Crippen MR) is 73.6 cm³/mol. The van der Waals surface area contributed by atoms with E-state index < -0.39 is 0 Å². The predicted octanol–water partition coefficient (Wildman–Crippen LogP) is 1.81. The molecule has 0 aliphatic rings. The Hall–Kier alpha value is -1.24. The summed E-state index contributed by atoms with van der Waals surface area (Å²) in [5.41, 5.74) is 3.95. The monoisotopic (exact) mass is 309 g/mol. The second-order valence-electron chi connectivity index (χ2n) is 3.94. The molecule has 0 radical (unpaired) electrons. The van der Waals surface area contributed by atoms with Crippen molar-refractivity contribution in [2.75, 3.05) is 0 Å². The average Bonchev–Trinajstić information content (AvgIpc) is 2.84. The van der Waals surface area contributed by atoms with Gasteiger partial charge in [0.15, 0.2) is 0 Å². The first-order valence-corrected chi connectivity index (χ1v) is 6.62. The molecule has 96 valence electrons. The van der Waals surface area contributed by atoms with Gasteiger partial charge in [0.1, 0.15) is 12.2 Å². The van der Waals surface area contributed by atoms with Crippen LogP contribution in [0.15, 0.2) is 35.1 Å². The molecule has 1 atom stereocenters. The fourth-order valence-electron chi connectivity index (χ4n) is 1.91. The van der Waals surface area contributed by atoms with Crippen LogP contribution in [0.25, 0.3) is 0 Å². The van der Waals surface area contributed by atoms with Gasteiger partial charge in [0.05, 0.1) is 6.04 Å². The molecule has 0 bridgehead atoms. The quantitative estimate of drug-likeness (QED) is 0.653. The third-order valence-electron chi connectivity index (χ3n) is 2.86. The van der Waals surface area contributed by atoms with E-state index in [2.05, 4.69) is 31.4 Å². The van der Waals surface area contributed by atoms with Crippen LogP contribution in [-0.2, 0) is 13.0 Å². The Kier molecular flexibility index (Phi) is 4.46. The highest BCUT2D eigenvalue weighted by Gasteiger charge is 2.16. The Labute approximate surface area is 115 Å². The van der Waals surface area contributed by atoms with Crippen molar-refractivity contribution in [3.05, 3.63) is 46.5 Å². The fourth-order valence-corrected chi connectivity index (χ4v) is 2.47. The maximum atomic E-state index is 5.65. The van der Waals surface area contributed by atoms with Crippen molar-refractivity contribution < 1.29 is 0 Å². The van der Waals surface area contributed by atoms with Gasteiger partial charge in [-0.05, 0) is 18.6 Å². The van der Waals surface area contributed by atoms with E-state index >= 15 is 0 Å². The molecule has 0 aliphatic heterocycles. The van der Waals surface area contributed by atoms with Crippen molar-refractivity contribution in [2.24, 2.45) is 5.84 Å². The summed E-state index contributed by atoms with van der Waals surface area (Å²) in [4.78, 5) is 4.27. The smallest absolute Gasteiger partial charge is 0.138 e. The second kappa shape index (κ2) is 6.08. The number of hydrogen-bond donors (Lipinski definition) is 2. The van der Waals surface area contributed by atoms with Crippen LogP contribution >= 0.6 is 15.9 Å². The largest absolute Gasteiger partial charge is 0.271 e. The molecule has 0 saturated heterocycles. The van der Waals surface area contributed by atoms with E-state index in [4.69, 9.17) is 5.84 Å². The zero-order chi connectivity index (χ0) is 13.0. The van der Waals surface area contributed by atoms with Crippen molar-refractivity contribution in [2.45, 2.75) is 25.9 Å². The Morgan fingerprint density at radius 3 is 2.89 bits per heavy atom. The first-order valence-electron chi connectivity index (χ1n) is 5.83. The SMILES string of the molecule is CCn1ncnc1CC(NN)c1ccccc1Br. The molecule has 1 heterocycles. The zero-order valence-corrected chi connectivity index (χ0v) is 11.8. The molecule has 2 rings (SSSR count). The highest BCUT2D eigenvalue weighted by molar-refractivity contribution is 9.10. The molecule has 0 aliphatic carbocycles. The molecule has 1 unspecified atom stereocenters. The van der Waals surface area contributed by atoms with Crippen LogP contribution in [-0.4, -0.2) is 14.8 Å². The van der Waals surface area contributed by atoms with E-state index in [9.17, 15) is 0 Å². The molecule has 0 spiro atoms. The van der Waals surface area contributed by atoms with Crippen LogP contribution in [0.1, 0.15) is 24.4 Å². The van der Waals surface area contributed by atoms with Gasteiger partial charge in [-0.25, -0.2) is 4.98 Å². The molecule has 0 saturated carbocycles. The van der Waals surface area contributed by atoms with Gasteiger partial charge in [0, 0.05) is 17.4 Å². The fraction of sp³-hybridized carbons (Fsp3) is 0.333. The molecule has 1 aromatic carbocycles. The number of nitrogens with zero attached hydrogens (tertiary/aromatic N) is 3. The molecule has 1 aromatic heterocycles. The maximum Gasteiger partial charge on any atom is 0.138 e. The summed E-state index contributed by atoms with van der Waals surface area (Å²) in [6.07, 6.45) is 2.28. The maximum absolute atomic E-state index is 5.65. The van der Waals surface area contributed by atoms with Gasteiger partial charge >= 0.3 is 0 Å². The third kappa shape index (κ3) is 2.77. The van der Waals surface area contributed by atoms with Gasteiger partial charge in [0.2, 0.25) is 0 Å². The summed E-state index contributed by atoms with van der Waals surface area (Å²) < 4.78 is 2.91. The lowest BCUT2D eigenvalue weighted by atomic mass is 10.0. The number of aromatic nitrogens is 3. The van der Waals surface area contributed by atoms with Gasteiger partial charge in [0.25, 0.3) is 0 Å². The van der Waals surface area contributed by atoms with Gasteiger partial charge < -0.3 is 0 Å². The van der Waals surface area contributed by atoms with E-state index in [1.54, 1.807) is 6.33 Å². The summed E-state index contributed by atoms with van der Waals surface area (Å²) in [7, 11) is 0. The van der Waals surface area contributed by atoms with Crippen LogP contribution in [0.3, 0.4) is 0 Å². The molecule has 0 fully saturated rings. The number of hydrazine groups is 1. The molecule has 3 N–H and O–H groups in total. The number of hydrogen-bond acceptors (Lipinski definition) is 4. The minimum Gasteiger partial charge on any atom is -0.271 e. The first kappa shape index (κ1) is 13.2. The molecule has 0 amide bonds. The van der Waals surface area contributed by atoms with E-state index in [1.807, 2.05) is 35.9 Å². The molecular weight excluding hydrogens is 294 g/mol. The van der Waals surface area contributed by atoms with Gasteiger partial charge in [-0.3, -0.25) is 16.0 Å². The molecule has 18 heavy (non-hydrogen) atoms. The summed E-state index contributed by atoms with van der Waals surface area (Å²) in [6, 6.07) is 8.03. The number of halogens is 1. The van der Waals surface area contributed by atoms with E-state index in [0.717, 1.165) is 22.4 Å². The van der Waals surface area contributed by atoms with E-state index in [0.29, 0.717) is 6.42 Å². The lowest BCUT2D eigenvalue weighted by Crippen LogP contribution is -2.30. The van der Waals surface area contributed by atoms with Crippen LogP contribution < -0.4 is 11.3 Å². The van der Waals surface area contributed by atoms with E-state index in [-0.39, 0.29) is 6.04 Å². The van der Waals surface area contributed by atoms with Gasteiger partial charge in [-0.2, -0.15) is 5.10 Å².